The first-order valence-electron chi connectivity index (χ1n) is 4.85. The van der Waals surface area contributed by atoms with Crippen LogP contribution in [0.5, 0.6) is 0 Å². The van der Waals surface area contributed by atoms with Gasteiger partial charge < -0.3 is 10.0 Å². The maximum absolute atomic E-state index is 12.8. The third-order valence-electron chi connectivity index (χ3n) is 2.46. The second kappa shape index (κ2) is 3.98. The molecule has 1 N–H and O–H groups in total. The summed E-state index contributed by atoms with van der Waals surface area (Å²) >= 11 is 0. The van der Waals surface area contributed by atoms with E-state index in [1.54, 1.807) is 17.0 Å². The number of nitrogens with zero attached hydrogens (tertiary/aromatic N) is 1. The van der Waals surface area contributed by atoms with Crippen molar-refractivity contribution in [2.24, 2.45) is 0 Å². The molecule has 1 fully saturated rings. The average Bonchev–Trinajstić information content (AvgIpc) is 2.13. The summed E-state index contributed by atoms with van der Waals surface area (Å²) in [5.41, 5.74) is 0.668. The normalized spacial score (nSPS) is 16.3. The molecule has 3 nitrogen and oxygen atoms in total. The van der Waals surface area contributed by atoms with Gasteiger partial charge in [-0.3, -0.25) is 4.79 Å². The minimum Gasteiger partial charge on any atom is -0.389 e. The van der Waals surface area contributed by atoms with Crippen LogP contribution in [0.25, 0.3) is 0 Å². The molecule has 0 spiro atoms. The molecule has 1 heterocycles. The highest BCUT2D eigenvalue weighted by Gasteiger charge is 2.28. The fraction of sp³-hybridized carbons (Fsp3) is 0.364. The van der Waals surface area contributed by atoms with E-state index >= 15 is 0 Å². The maximum atomic E-state index is 12.8. The number of carbonyl (C=O) groups is 1. The largest absolute Gasteiger partial charge is 0.389 e. The van der Waals surface area contributed by atoms with Crippen LogP contribution in [-0.2, 0) is 11.2 Å². The Bertz CT molecular complexity index is 375. The Labute approximate surface area is 87.1 Å². The Morgan fingerprint density at radius 3 is 2.87 bits per heavy atom. The van der Waals surface area contributed by atoms with Crippen molar-refractivity contribution in [2.75, 3.05) is 13.1 Å². The van der Waals surface area contributed by atoms with Gasteiger partial charge in [-0.1, -0.05) is 12.1 Å². The van der Waals surface area contributed by atoms with Crippen molar-refractivity contribution in [1.82, 2.24) is 4.90 Å². The van der Waals surface area contributed by atoms with Crippen molar-refractivity contribution < 1.29 is 14.3 Å². The molecule has 4 heteroatoms. The number of amides is 1. The molecule has 2 rings (SSSR count). The van der Waals surface area contributed by atoms with Crippen molar-refractivity contribution in [3.8, 4) is 0 Å². The lowest BCUT2D eigenvalue weighted by Gasteiger charge is -2.35. The maximum Gasteiger partial charge on any atom is 0.227 e. The topological polar surface area (TPSA) is 40.5 Å². The fourth-order valence-corrected chi connectivity index (χ4v) is 1.59. The summed E-state index contributed by atoms with van der Waals surface area (Å²) in [4.78, 5) is 13.1. The molecule has 15 heavy (non-hydrogen) atoms. The molecule has 1 aromatic carbocycles. The average molecular weight is 209 g/mol. The molecular weight excluding hydrogens is 197 g/mol. The minimum absolute atomic E-state index is 0.0640. The van der Waals surface area contributed by atoms with Crippen molar-refractivity contribution in [3.05, 3.63) is 35.6 Å². The van der Waals surface area contributed by atoms with Crippen molar-refractivity contribution in [3.63, 3.8) is 0 Å². The SMILES string of the molecule is O=C(Cc1cccc(F)c1)N1CC(O)C1. The number of benzene rings is 1. The first-order chi connectivity index (χ1) is 7.15. The van der Waals surface area contributed by atoms with Gasteiger partial charge >= 0.3 is 0 Å². The smallest absolute Gasteiger partial charge is 0.227 e. The van der Waals surface area contributed by atoms with E-state index in [2.05, 4.69) is 0 Å². The summed E-state index contributed by atoms with van der Waals surface area (Å²) in [6.07, 6.45) is -0.189. The van der Waals surface area contributed by atoms with Crippen molar-refractivity contribution >= 4 is 5.91 Å². The van der Waals surface area contributed by atoms with Gasteiger partial charge in [-0.25, -0.2) is 4.39 Å². The number of rotatable bonds is 2. The number of aliphatic hydroxyl groups is 1. The van der Waals surface area contributed by atoms with Crippen molar-refractivity contribution in [2.45, 2.75) is 12.5 Å². The summed E-state index contributed by atoms with van der Waals surface area (Å²) in [6, 6.07) is 6.01. The number of likely N-dealkylation sites (tertiary alicyclic amines) is 1. The standard InChI is InChI=1S/C11H12FNO2/c12-9-3-1-2-8(4-9)5-11(15)13-6-10(14)7-13/h1-4,10,14H,5-7H2. The van der Waals surface area contributed by atoms with Crippen molar-refractivity contribution in [1.29, 1.82) is 0 Å². The van der Waals surface area contributed by atoms with Crippen LogP contribution in [0.1, 0.15) is 5.56 Å². The van der Waals surface area contributed by atoms with Crippen LogP contribution in [0, 0.1) is 5.82 Å². The van der Waals surface area contributed by atoms with E-state index in [9.17, 15) is 9.18 Å². The van der Waals surface area contributed by atoms with E-state index in [-0.39, 0.29) is 24.2 Å². The Balaban J connectivity index is 1.94. The highest BCUT2D eigenvalue weighted by Crippen LogP contribution is 2.11. The monoisotopic (exact) mass is 209 g/mol. The lowest BCUT2D eigenvalue weighted by Crippen LogP contribution is -2.53. The summed E-state index contributed by atoms with van der Waals surface area (Å²) in [6.45, 7) is 0.794. The predicted octanol–water partition coefficient (Wildman–Crippen LogP) is 0.571. The first kappa shape index (κ1) is 10.1. The molecule has 1 aliphatic heterocycles. The van der Waals surface area contributed by atoms with Crippen LogP contribution in [-0.4, -0.2) is 35.1 Å². The highest BCUT2D eigenvalue weighted by molar-refractivity contribution is 5.79. The van der Waals surface area contributed by atoms with Crippen LogP contribution in [0.4, 0.5) is 4.39 Å². The highest BCUT2D eigenvalue weighted by atomic mass is 19.1. The van der Waals surface area contributed by atoms with Crippen LogP contribution >= 0.6 is 0 Å². The third-order valence-corrected chi connectivity index (χ3v) is 2.46. The van der Waals surface area contributed by atoms with Crippen LogP contribution in [0.15, 0.2) is 24.3 Å². The van der Waals surface area contributed by atoms with E-state index in [4.69, 9.17) is 5.11 Å². The Morgan fingerprint density at radius 2 is 2.27 bits per heavy atom. The molecule has 0 aromatic heterocycles. The Hall–Kier alpha value is -1.42. The van der Waals surface area contributed by atoms with E-state index in [0.717, 1.165) is 0 Å². The number of carbonyl (C=O) groups excluding carboxylic acids is 1. The van der Waals surface area contributed by atoms with Gasteiger partial charge in [-0.15, -0.1) is 0 Å². The molecule has 1 aromatic rings. The molecule has 0 aliphatic carbocycles. The molecule has 1 aliphatic rings. The molecular formula is C11H12FNO2. The summed E-state index contributed by atoms with van der Waals surface area (Å²) in [7, 11) is 0. The zero-order chi connectivity index (χ0) is 10.8. The molecule has 0 unspecified atom stereocenters. The fourth-order valence-electron chi connectivity index (χ4n) is 1.59. The molecule has 1 saturated heterocycles. The summed E-state index contributed by atoms with van der Waals surface area (Å²) < 4.78 is 12.8. The molecule has 0 radical (unpaired) electrons. The quantitative estimate of drug-likeness (QED) is 0.773. The molecule has 0 saturated carbocycles. The van der Waals surface area contributed by atoms with Crippen LogP contribution < -0.4 is 0 Å². The second-order valence-corrected chi connectivity index (χ2v) is 3.76. The van der Waals surface area contributed by atoms with Gasteiger partial charge in [-0.05, 0) is 17.7 Å². The lowest BCUT2D eigenvalue weighted by molar-refractivity contribution is -0.140. The Morgan fingerprint density at radius 1 is 1.53 bits per heavy atom. The number of hydrogen-bond donors (Lipinski definition) is 1. The van der Waals surface area contributed by atoms with E-state index in [0.29, 0.717) is 18.7 Å². The summed E-state index contributed by atoms with van der Waals surface area (Å²) in [5, 5.41) is 9.02. The first-order valence-corrected chi connectivity index (χ1v) is 4.85. The van der Waals surface area contributed by atoms with Gasteiger partial charge in [0.05, 0.1) is 12.5 Å². The number of aliphatic hydroxyl groups excluding tert-OH is 1. The van der Waals surface area contributed by atoms with Gasteiger partial charge in [0.2, 0.25) is 5.91 Å². The van der Waals surface area contributed by atoms with Gasteiger partial charge in [0.25, 0.3) is 0 Å². The molecule has 80 valence electrons. The van der Waals surface area contributed by atoms with Gasteiger partial charge in [0.15, 0.2) is 0 Å². The van der Waals surface area contributed by atoms with Gasteiger partial charge in [-0.2, -0.15) is 0 Å². The van der Waals surface area contributed by atoms with E-state index < -0.39 is 0 Å². The minimum atomic E-state index is -0.388. The Kier molecular flexibility index (Phi) is 2.68. The molecule has 1 amide bonds. The lowest BCUT2D eigenvalue weighted by atomic mass is 10.1. The number of β-amino-alcohol motifs (C(OH)–C–C–N with tert-alkyl or cyclic N) is 1. The van der Waals surface area contributed by atoms with Crippen LogP contribution in [0.3, 0.4) is 0 Å². The summed E-state index contributed by atoms with van der Waals surface area (Å²) in [5.74, 6) is -0.394. The molecule has 0 bridgehead atoms. The van der Waals surface area contributed by atoms with Gasteiger partial charge in [0, 0.05) is 13.1 Å². The third kappa shape index (κ3) is 2.33. The van der Waals surface area contributed by atoms with E-state index in [1.807, 2.05) is 0 Å². The number of halogens is 1. The zero-order valence-corrected chi connectivity index (χ0v) is 8.19. The predicted molar refractivity (Wildman–Crippen MR) is 52.7 cm³/mol. The zero-order valence-electron chi connectivity index (χ0n) is 8.19. The van der Waals surface area contributed by atoms with Gasteiger partial charge in [0.1, 0.15) is 5.82 Å². The number of hydrogen-bond acceptors (Lipinski definition) is 2. The molecule has 0 atom stereocenters. The van der Waals surface area contributed by atoms with E-state index in [1.165, 1.54) is 12.1 Å². The second-order valence-electron chi connectivity index (χ2n) is 3.76. The van der Waals surface area contributed by atoms with Crippen LogP contribution in [0.2, 0.25) is 0 Å².